The van der Waals surface area contributed by atoms with Crippen LogP contribution in [0.3, 0.4) is 0 Å². The summed E-state index contributed by atoms with van der Waals surface area (Å²) in [7, 11) is 0. The van der Waals surface area contributed by atoms with E-state index in [9.17, 15) is 9.59 Å². The van der Waals surface area contributed by atoms with Gasteiger partial charge in [-0.05, 0) is 55.0 Å². The minimum absolute atomic E-state index is 0.226. The van der Waals surface area contributed by atoms with E-state index in [4.69, 9.17) is 9.84 Å². The molecular formula is C32H25N5O3S. The first-order chi connectivity index (χ1) is 20.0. The van der Waals surface area contributed by atoms with Crippen LogP contribution < -0.4 is 20.4 Å². The number of ether oxygens (including phenoxy) is 1. The van der Waals surface area contributed by atoms with Crippen LogP contribution in [0.4, 0.5) is 0 Å². The Morgan fingerprint density at radius 2 is 1.71 bits per heavy atom. The molecule has 41 heavy (non-hydrogen) atoms. The molecule has 0 N–H and O–H groups in total. The van der Waals surface area contributed by atoms with Crippen LogP contribution in [0.2, 0.25) is 0 Å². The number of thiazole rings is 1. The van der Waals surface area contributed by atoms with Gasteiger partial charge in [0, 0.05) is 23.7 Å². The van der Waals surface area contributed by atoms with Crippen molar-refractivity contribution in [2.75, 3.05) is 6.61 Å². The summed E-state index contributed by atoms with van der Waals surface area (Å²) in [4.78, 5) is 30.6. The second-order valence-corrected chi connectivity index (χ2v) is 10.5. The van der Waals surface area contributed by atoms with E-state index in [-0.39, 0.29) is 16.2 Å². The van der Waals surface area contributed by atoms with Crippen molar-refractivity contribution in [3.8, 4) is 22.7 Å². The summed E-state index contributed by atoms with van der Waals surface area (Å²) in [6, 6.07) is 25.2. The Balaban J connectivity index is 1.44. The second-order valence-electron chi connectivity index (χ2n) is 9.47. The first kappa shape index (κ1) is 26.1. The Labute approximate surface area is 239 Å². The SMILES string of the molecule is C=CCOc1ccc(-c2nn(-c3ccccc3)cc2/C=c2\sc3nc(=O)c(Cc4ccc(C)cc4)nn3c2=O)cc1. The van der Waals surface area contributed by atoms with Crippen molar-refractivity contribution in [2.45, 2.75) is 13.3 Å². The van der Waals surface area contributed by atoms with Crippen LogP contribution in [-0.2, 0) is 6.42 Å². The quantitative estimate of drug-likeness (QED) is 0.257. The molecule has 9 heteroatoms. The zero-order valence-corrected chi connectivity index (χ0v) is 23.0. The molecule has 0 aliphatic heterocycles. The number of aryl methyl sites for hydroxylation is 1. The van der Waals surface area contributed by atoms with Crippen LogP contribution in [0.15, 0.2) is 107 Å². The van der Waals surface area contributed by atoms with Crippen molar-refractivity contribution in [3.63, 3.8) is 0 Å². The van der Waals surface area contributed by atoms with Crippen molar-refractivity contribution < 1.29 is 4.74 Å². The summed E-state index contributed by atoms with van der Waals surface area (Å²) in [5.41, 5.74) is 4.67. The smallest absolute Gasteiger partial charge is 0.296 e. The highest BCUT2D eigenvalue weighted by Crippen LogP contribution is 2.26. The predicted octanol–water partition coefficient (Wildman–Crippen LogP) is 4.38. The van der Waals surface area contributed by atoms with Gasteiger partial charge in [-0.15, -0.1) is 0 Å². The average molecular weight is 560 g/mol. The maximum atomic E-state index is 13.4. The number of benzene rings is 3. The van der Waals surface area contributed by atoms with Gasteiger partial charge in [0.2, 0.25) is 4.96 Å². The molecular weight excluding hydrogens is 534 g/mol. The number of aromatic nitrogens is 5. The monoisotopic (exact) mass is 559 g/mol. The van der Waals surface area contributed by atoms with Crippen LogP contribution in [0, 0.1) is 6.92 Å². The van der Waals surface area contributed by atoms with Gasteiger partial charge in [0.1, 0.15) is 23.7 Å². The molecule has 0 unspecified atom stereocenters. The maximum Gasteiger partial charge on any atom is 0.296 e. The fraction of sp³-hybridized carbons (Fsp3) is 0.0938. The van der Waals surface area contributed by atoms with Gasteiger partial charge in [0.25, 0.3) is 11.1 Å². The van der Waals surface area contributed by atoms with E-state index in [0.29, 0.717) is 23.3 Å². The van der Waals surface area contributed by atoms with Crippen LogP contribution in [0.25, 0.3) is 28.0 Å². The van der Waals surface area contributed by atoms with E-state index in [0.717, 1.165) is 45.0 Å². The Morgan fingerprint density at radius 1 is 0.951 bits per heavy atom. The Morgan fingerprint density at radius 3 is 2.44 bits per heavy atom. The Bertz CT molecular complexity index is 2030. The fourth-order valence-corrected chi connectivity index (χ4v) is 5.28. The zero-order valence-electron chi connectivity index (χ0n) is 22.2. The predicted molar refractivity (Wildman–Crippen MR) is 161 cm³/mol. The number of rotatable bonds is 8. The minimum atomic E-state index is -0.435. The molecule has 0 amide bonds. The second kappa shape index (κ2) is 11.1. The number of para-hydroxylation sites is 1. The molecule has 0 fully saturated rings. The fourth-order valence-electron chi connectivity index (χ4n) is 4.39. The van der Waals surface area contributed by atoms with Crippen LogP contribution in [0.5, 0.6) is 5.75 Å². The molecule has 0 saturated carbocycles. The van der Waals surface area contributed by atoms with Gasteiger partial charge in [-0.2, -0.15) is 19.7 Å². The van der Waals surface area contributed by atoms with Gasteiger partial charge in [0.05, 0.1) is 10.2 Å². The number of nitrogens with zero attached hydrogens (tertiary/aromatic N) is 5. The highest BCUT2D eigenvalue weighted by molar-refractivity contribution is 7.15. The highest BCUT2D eigenvalue weighted by atomic mass is 32.1. The van der Waals surface area contributed by atoms with Gasteiger partial charge in [-0.1, -0.05) is 72.0 Å². The van der Waals surface area contributed by atoms with Crippen LogP contribution in [0.1, 0.15) is 22.4 Å². The summed E-state index contributed by atoms with van der Waals surface area (Å²) in [6.45, 7) is 6.10. The molecule has 6 aromatic rings. The van der Waals surface area contributed by atoms with E-state index >= 15 is 0 Å². The lowest BCUT2D eigenvalue weighted by Crippen LogP contribution is -2.28. The van der Waals surface area contributed by atoms with E-state index in [2.05, 4.69) is 16.7 Å². The molecule has 3 aromatic heterocycles. The third kappa shape index (κ3) is 5.48. The summed E-state index contributed by atoms with van der Waals surface area (Å²) in [5.74, 6) is 0.719. The molecule has 0 aliphatic carbocycles. The summed E-state index contributed by atoms with van der Waals surface area (Å²) in [6.07, 6.45) is 5.64. The largest absolute Gasteiger partial charge is 0.490 e. The summed E-state index contributed by atoms with van der Waals surface area (Å²) >= 11 is 1.13. The van der Waals surface area contributed by atoms with Gasteiger partial charge in [0.15, 0.2) is 0 Å². The molecule has 0 radical (unpaired) electrons. The standard InChI is InChI=1S/C32H25N5O3S/c1-3-17-40-26-15-13-23(14-16-26)29-24(20-36(35-29)25-7-5-4-6-8-25)19-28-31(39)37-32(41-28)33-30(38)27(34-37)18-22-11-9-21(2)10-12-22/h3-16,19-20H,1,17-18H2,2H3/b28-19-. The zero-order chi connectivity index (χ0) is 28.3. The van der Waals surface area contributed by atoms with Crippen LogP contribution in [-0.4, -0.2) is 31.0 Å². The molecule has 0 saturated heterocycles. The lowest BCUT2D eigenvalue weighted by atomic mass is 10.1. The van der Waals surface area contributed by atoms with Gasteiger partial charge in [-0.25, -0.2) is 4.68 Å². The van der Waals surface area contributed by atoms with Crippen LogP contribution >= 0.6 is 11.3 Å². The van der Waals surface area contributed by atoms with Gasteiger partial charge < -0.3 is 4.74 Å². The molecule has 6 rings (SSSR count). The minimum Gasteiger partial charge on any atom is -0.490 e. The Kier molecular flexibility index (Phi) is 7.09. The molecule has 0 spiro atoms. The van der Waals surface area contributed by atoms with Gasteiger partial charge in [-0.3, -0.25) is 9.59 Å². The van der Waals surface area contributed by atoms with E-state index in [1.807, 2.05) is 92.0 Å². The molecule has 8 nitrogen and oxygen atoms in total. The lowest BCUT2D eigenvalue weighted by Gasteiger charge is -2.04. The lowest BCUT2D eigenvalue weighted by molar-refractivity contribution is 0.363. The Hall–Kier alpha value is -5.15. The summed E-state index contributed by atoms with van der Waals surface area (Å²) in [5, 5.41) is 9.25. The average Bonchev–Trinajstić information content (AvgIpc) is 3.55. The molecule has 3 aromatic carbocycles. The molecule has 0 atom stereocenters. The molecule has 0 aliphatic rings. The first-order valence-corrected chi connectivity index (χ1v) is 13.8. The maximum absolute atomic E-state index is 13.4. The number of hydrogen-bond acceptors (Lipinski definition) is 7. The third-order valence-corrected chi connectivity index (χ3v) is 7.45. The number of hydrogen-bond donors (Lipinski definition) is 0. The van der Waals surface area contributed by atoms with Crippen molar-refractivity contribution in [1.82, 2.24) is 24.4 Å². The molecule has 3 heterocycles. The molecule has 202 valence electrons. The van der Waals surface area contributed by atoms with Gasteiger partial charge >= 0.3 is 0 Å². The highest BCUT2D eigenvalue weighted by Gasteiger charge is 2.15. The molecule has 0 bridgehead atoms. The van der Waals surface area contributed by atoms with E-state index in [1.165, 1.54) is 4.52 Å². The van der Waals surface area contributed by atoms with E-state index < -0.39 is 5.56 Å². The summed E-state index contributed by atoms with van der Waals surface area (Å²) < 4.78 is 9.02. The van der Waals surface area contributed by atoms with Crippen molar-refractivity contribution in [2.24, 2.45) is 0 Å². The first-order valence-electron chi connectivity index (χ1n) is 13.0. The van der Waals surface area contributed by atoms with Crippen molar-refractivity contribution >= 4 is 22.4 Å². The topological polar surface area (TPSA) is 91.4 Å². The van der Waals surface area contributed by atoms with Crippen molar-refractivity contribution in [3.05, 3.63) is 145 Å². The number of fused-ring (bicyclic) bond motifs is 1. The third-order valence-electron chi connectivity index (χ3n) is 6.49. The van der Waals surface area contributed by atoms with Crippen molar-refractivity contribution in [1.29, 1.82) is 0 Å². The normalized spacial score (nSPS) is 11.7. The van der Waals surface area contributed by atoms with E-state index in [1.54, 1.807) is 16.8 Å².